The molecule has 0 aliphatic carbocycles. The van der Waals surface area contributed by atoms with E-state index in [1.807, 2.05) is 6.07 Å². The van der Waals surface area contributed by atoms with Gasteiger partial charge in [-0.25, -0.2) is 8.42 Å². The number of hydrogen-bond donors (Lipinski definition) is 0. The van der Waals surface area contributed by atoms with Crippen LogP contribution in [0.3, 0.4) is 0 Å². The molecule has 120 valence electrons. The second kappa shape index (κ2) is 7.80. The summed E-state index contributed by atoms with van der Waals surface area (Å²) in [6, 6.07) is 8.16. The molecule has 0 N–H and O–H groups in total. The van der Waals surface area contributed by atoms with E-state index >= 15 is 0 Å². The van der Waals surface area contributed by atoms with Crippen molar-refractivity contribution in [1.29, 1.82) is 5.26 Å². The van der Waals surface area contributed by atoms with Crippen LogP contribution in [-0.4, -0.2) is 50.4 Å². The van der Waals surface area contributed by atoms with Crippen molar-refractivity contribution in [2.24, 2.45) is 0 Å². The minimum Gasteiger partial charge on any atom is -0.482 e. The molecule has 0 aliphatic rings. The first kappa shape index (κ1) is 18.0. The fourth-order valence-electron chi connectivity index (χ4n) is 1.77. The van der Waals surface area contributed by atoms with Gasteiger partial charge in [-0.15, -0.1) is 0 Å². The van der Waals surface area contributed by atoms with E-state index in [-0.39, 0.29) is 24.0 Å². The third-order valence-corrected chi connectivity index (χ3v) is 5.22. The Morgan fingerprint density at radius 1 is 1.41 bits per heavy atom. The summed E-state index contributed by atoms with van der Waals surface area (Å²) in [5.41, 5.74) is 0.347. The van der Waals surface area contributed by atoms with Gasteiger partial charge in [0.1, 0.15) is 11.8 Å². The summed E-state index contributed by atoms with van der Waals surface area (Å²) in [6.45, 7) is 3.01. The second-order valence-corrected chi connectivity index (χ2v) is 7.35. The first-order valence-corrected chi connectivity index (χ1v) is 8.71. The van der Waals surface area contributed by atoms with Crippen LogP contribution >= 0.6 is 0 Å². The Balaban J connectivity index is 2.63. The Labute approximate surface area is 131 Å². The van der Waals surface area contributed by atoms with Crippen LogP contribution in [0.2, 0.25) is 0 Å². The highest BCUT2D eigenvalue weighted by molar-refractivity contribution is 7.91. The maximum Gasteiger partial charge on any atom is 0.260 e. The molecule has 0 bridgehead atoms. The fraction of sp³-hybridized carbons (Fsp3) is 0.467. The van der Waals surface area contributed by atoms with Gasteiger partial charge in [0.05, 0.1) is 11.3 Å². The van der Waals surface area contributed by atoms with Crippen molar-refractivity contribution in [3.63, 3.8) is 0 Å². The lowest BCUT2D eigenvalue weighted by molar-refractivity contribution is -0.133. The van der Waals surface area contributed by atoms with Gasteiger partial charge in [-0.1, -0.05) is 19.1 Å². The van der Waals surface area contributed by atoms with Crippen molar-refractivity contribution in [2.45, 2.75) is 19.9 Å². The number of para-hydroxylation sites is 1. The van der Waals surface area contributed by atoms with Gasteiger partial charge in [0.15, 0.2) is 16.4 Å². The molecule has 0 heterocycles. The number of likely N-dealkylation sites (N-methyl/N-ethyl adjacent to an activating group) is 1. The molecule has 0 spiro atoms. The molecule has 0 radical (unpaired) electrons. The molecule has 1 amide bonds. The van der Waals surface area contributed by atoms with Gasteiger partial charge in [0.2, 0.25) is 0 Å². The Bertz CT molecular complexity index is 664. The van der Waals surface area contributed by atoms with Crippen LogP contribution in [0.1, 0.15) is 19.4 Å². The van der Waals surface area contributed by atoms with Crippen LogP contribution in [0.4, 0.5) is 0 Å². The zero-order valence-electron chi connectivity index (χ0n) is 12.9. The molecule has 0 fully saturated rings. The highest BCUT2D eigenvalue weighted by atomic mass is 32.2. The summed E-state index contributed by atoms with van der Waals surface area (Å²) < 4.78 is 28.5. The summed E-state index contributed by atoms with van der Waals surface area (Å²) in [5, 5.41) is 8.94. The first-order valence-electron chi connectivity index (χ1n) is 6.88. The lowest BCUT2D eigenvalue weighted by Gasteiger charge is -2.24. The van der Waals surface area contributed by atoms with Crippen LogP contribution in [0.15, 0.2) is 24.3 Å². The molecule has 1 atom stereocenters. The molecular formula is C15H20N2O4S. The highest BCUT2D eigenvalue weighted by Crippen LogP contribution is 2.16. The predicted molar refractivity (Wildman–Crippen MR) is 83.2 cm³/mol. The summed E-state index contributed by atoms with van der Waals surface area (Å²) in [4.78, 5) is 13.4. The summed E-state index contributed by atoms with van der Waals surface area (Å²) in [7, 11) is -1.61. The Morgan fingerprint density at radius 2 is 2.05 bits per heavy atom. The van der Waals surface area contributed by atoms with E-state index in [4.69, 9.17) is 10.00 Å². The molecule has 22 heavy (non-hydrogen) atoms. The number of nitrogens with zero attached hydrogens (tertiary/aromatic N) is 2. The molecule has 0 unspecified atom stereocenters. The predicted octanol–water partition coefficient (Wildman–Crippen LogP) is 1.22. The summed E-state index contributed by atoms with van der Waals surface area (Å²) >= 11 is 0. The fourth-order valence-corrected chi connectivity index (χ4v) is 2.96. The third-order valence-electron chi connectivity index (χ3n) is 3.35. The lowest BCUT2D eigenvalue weighted by atomic mass is 10.2. The average molecular weight is 324 g/mol. The summed E-state index contributed by atoms with van der Waals surface area (Å²) in [5.74, 6) is -0.0431. The largest absolute Gasteiger partial charge is 0.482 e. The number of hydrogen-bond acceptors (Lipinski definition) is 5. The minimum atomic E-state index is -3.15. The number of benzene rings is 1. The first-order chi connectivity index (χ1) is 10.3. The van der Waals surface area contributed by atoms with E-state index in [2.05, 4.69) is 0 Å². The number of amides is 1. The van der Waals surface area contributed by atoms with Crippen molar-refractivity contribution in [2.75, 3.05) is 25.2 Å². The maximum absolute atomic E-state index is 12.1. The number of nitriles is 1. The number of rotatable bonds is 7. The van der Waals surface area contributed by atoms with E-state index in [0.717, 1.165) is 0 Å². The molecule has 1 aromatic rings. The number of carbonyl (C=O) groups excluding carboxylic acids is 1. The molecule has 1 aromatic carbocycles. The molecule has 7 heteroatoms. The van der Waals surface area contributed by atoms with Crippen LogP contribution in [0.5, 0.6) is 5.75 Å². The van der Waals surface area contributed by atoms with Crippen molar-refractivity contribution in [1.82, 2.24) is 4.90 Å². The van der Waals surface area contributed by atoms with Crippen molar-refractivity contribution in [3.8, 4) is 11.8 Å². The molecule has 0 aliphatic heterocycles. The topological polar surface area (TPSA) is 87.5 Å². The number of ether oxygens (including phenoxy) is 1. The van der Waals surface area contributed by atoms with Crippen LogP contribution in [-0.2, 0) is 14.6 Å². The van der Waals surface area contributed by atoms with Gasteiger partial charge in [-0.05, 0) is 19.1 Å². The van der Waals surface area contributed by atoms with E-state index < -0.39 is 15.9 Å². The van der Waals surface area contributed by atoms with Crippen LogP contribution in [0.25, 0.3) is 0 Å². The summed E-state index contributed by atoms with van der Waals surface area (Å²) in [6.07, 6.45) is 0. The van der Waals surface area contributed by atoms with Crippen molar-refractivity contribution >= 4 is 15.7 Å². The standard InChI is InChI=1S/C15H20N2O4S/c1-4-22(19,20)11-12(2)17(3)15(18)10-21-14-8-6-5-7-13(14)9-16/h5-8,12H,4,10-11H2,1-3H3/t12-/m1/s1. The second-order valence-electron chi connectivity index (χ2n) is 4.95. The number of sulfone groups is 1. The lowest BCUT2D eigenvalue weighted by Crippen LogP contribution is -2.42. The van der Waals surface area contributed by atoms with E-state index in [0.29, 0.717) is 11.3 Å². The van der Waals surface area contributed by atoms with Gasteiger partial charge in [-0.3, -0.25) is 4.79 Å². The normalized spacial score (nSPS) is 12.3. The van der Waals surface area contributed by atoms with Crippen LogP contribution in [0, 0.1) is 11.3 Å². The number of carbonyl (C=O) groups is 1. The van der Waals surface area contributed by atoms with Crippen molar-refractivity contribution < 1.29 is 17.9 Å². The molecule has 6 nitrogen and oxygen atoms in total. The van der Waals surface area contributed by atoms with Crippen LogP contribution < -0.4 is 4.74 Å². The molecule has 0 saturated heterocycles. The van der Waals surface area contributed by atoms with E-state index in [1.54, 1.807) is 38.1 Å². The SMILES string of the molecule is CCS(=O)(=O)C[C@@H](C)N(C)C(=O)COc1ccccc1C#N. The zero-order valence-corrected chi connectivity index (χ0v) is 13.8. The molecule has 0 saturated carbocycles. The van der Waals surface area contributed by atoms with Gasteiger partial charge >= 0.3 is 0 Å². The van der Waals surface area contributed by atoms with Gasteiger partial charge in [0.25, 0.3) is 5.91 Å². The van der Waals surface area contributed by atoms with Crippen molar-refractivity contribution in [3.05, 3.63) is 29.8 Å². The van der Waals surface area contributed by atoms with Gasteiger partial charge in [0, 0.05) is 18.8 Å². The van der Waals surface area contributed by atoms with Gasteiger partial charge < -0.3 is 9.64 Å². The Morgan fingerprint density at radius 3 is 2.64 bits per heavy atom. The Hall–Kier alpha value is -2.07. The molecular weight excluding hydrogens is 304 g/mol. The van der Waals surface area contributed by atoms with E-state index in [9.17, 15) is 13.2 Å². The highest BCUT2D eigenvalue weighted by Gasteiger charge is 2.21. The smallest absolute Gasteiger partial charge is 0.260 e. The average Bonchev–Trinajstić information content (AvgIpc) is 2.51. The monoisotopic (exact) mass is 324 g/mol. The van der Waals surface area contributed by atoms with E-state index in [1.165, 1.54) is 11.9 Å². The third kappa shape index (κ3) is 5.04. The quantitative estimate of drug-likeness (QED) is 0.752. The maximum atomic E-state index is 12.1. The zero-order chi connectivity index (χ0) is 16.8. The van der Waals surface area contributed by atoms with Gasteiger partial charge in [-0.2, -0.15) is 5.26 Å². The molecule has 1 rings (SSSR count). The minimum absolute atomic E-state index is 0.0470. The Kier molecular flexibility index (Phi) is 6.38. The molecule has 0 aromatic heterocycles.